The molecule has 7 nitrogen and oxygen atoms in total. The lowest BCUT2D eigenvalue weighted by atomic mass is 10.2. The Morgan fingerprint density at radius 3 is 3.00 bits per heavy atom. The summed E-state index contributed by atoms with van der Waals surface area (Å²) < 4.78 is 29.1. The summed E-state index contributed by atoms with van der Waals surface area (Å²) in [5.74, 6) is 0.182. The standard InChI is InChI=1S/C15H15N3O4S2/c1-22-11-4-2-3-10(7-11)18-12-8-24(20,21)9-13(12)23-15(18)17-14(19)5-6-16/h2-4,7,12-13H,5,8-9H2,1H3. The summed E-state index contributed by atoms with van der Waals surface area (Å²) in [4.78, 5) is 17.5. The molecule has 0 N–H and O–H groups in total. The first-order valence-electron chi connectivity index (χ1n) is 7.22. The Balaban J connectivity index is 2.01. The van der Waals surface area contributed by atoms with Crippen LogP contribution < -0.4 is 9.64 Å². The van der Waals surface area contributed by atoms with Crippen LogP contribution in [0.15, 0.2) is 29.3 Å². The van der Waals surface area contributed by atoms with Crippen molar-refractivity contribution < 1.29 is 17.9 Å². The van der Waals surface area contributed by atoms with E-state index in [1.54, 1.807) is 36.3 Å². The number of rotatable bonds is 3. The molecule has 1 aromatic rings. The molecule has 2 atom stereocenters. The lowest BCUT2D eigenvalue weighted by molar-refractivity contribution is -0.116. The quantitative estimate of drug-likeness (QED) is 0.793. The molecule has 1 aromatic carbocycles. The zero-order valence-corrected chi connectivity index (χ0v) is 14.5. The van der Waals surface area contributed by atoms with Crippen molar-refractivity contribution in [1.82, 2.24) is 0 Å². The van der Waals surface area contributed by atoms with Gasteiger partial charge in [-0.2, -0.15) is 10.3 Å². The van der Waals surface area contributed by atoms with E-state index in [-0.39, 0.29) is 29.2 Å². The van der Waals surface area contributed by atoms with Crippen LogP contribution in [0.1, 0.15) is 6.42 Å². The normalized spacial score (nSPS) is 26.2. The van der Waals surface area contributed by atoms with Gasteiger partial charge < -0.3 is 9.64 Å². The van der Waals surface area contributed by atoms with Gasteiger partial charge in [0.2, 0.25) is 0 Å². The van der Waals surface area contributed by atoms with E-state index in [0.717, 1.165) is 5.69 Å². The maximum Gasteiger partial charge on any atom is 0.262 e. The summed E-state index contributed by atoms with van der Waals surface area (Å²) in [6.07, 6.45) is -0.302. The number of methoxy groups -OCH3 is 1. The smallest absolute Gasteiger partial charge is 0.262 e. The number of hydrogen-bond acceptors (Lipinski definition) is 6. The van der Waals surface area contributed by atoms with Crippen molar-refractivity contribution in [3.63, 3.8) is 0 Å². The monoisotopic (exact) mass is 365 g/mol. The van der Waals surface area contributed by atoms with Crippen LogP contribution in [0, 0.1) is 11.3 Å². The topological polar surface area (TPSA) is 99.8 Å². The second kappa shape index (κ2) is 6.45. The number of carbonyl (C=O) groups excluding carboxylic acids is 1. The number of fused-ring (bicyclic) bond motifs is 1. The van der Waals surface area contributed by atoms with Gasteiger partial charge in [-0.1, -0.05) is 17.8 Å². The number of sulfone groups is 1. The Morgan fingerprint density at radius 1 is 1.50 bits per heavy atom. The van der Waals surface area contributed by atoms with Gasteiger partial charge in [-0.05, 0) is 12.1 Å². The van der Waals surface area contributed by atoms with E-state index in [9.17, 15) is 13.2 Å². The highest BCUT2D eigenvalue weighted by Gasteiger charge is 2.49. The van der Waals surface area contributed by atoms with Gasteiger partial charge in [-0.15, -0.1) is 0 Å². The number of amidine groups is 1. The Hall–Kier alpha value is -2.05. The van der Waals surface area contributed by atoms with Crippen LogP contribution in [0.5, 0.6) is 5.75 Å². The molecule has 24 heavy (non-hydrogen) atoms. The van der Waals surface area contributed by atoms with Crippen LogP contribution in [0.3, 0.4) is 0 Å². The molecule has 2 heterocycles. The third-order valence-corrected chi connectivity index (χ3v) is 7.06. The van der Waals surface area contributed by atoms with Crippen molar-refractivity contribution >= 4 is 38.4 Å². The van der Waals surface area contributed by atoms with Crippen molar-refractivity contribution in [2.24, 2.45) is 4.99 Å². The number of aliphatic imine (C=N–C) groups is 1. The van der Waals surface area contributed by atoms with Crippen molar-refractivity contribution in [2.45, 2.75) is 17.7 Å². The number of nitriles is 1. The summed E-state index contributed by atoms with van der Waals surface area (Å²) in [5.41, 5.74) is 0.718. The van der Waals surface area contributed by atoms with E-state index in [2.05, 4.69) is 4.99 Å². The largest absolute Gasteiger partial charge is 0.497 e. The van der Waals surface area contributed by atoms with Crippen LogP contribution in [-0.4, -0.2) is 49.4 Å². The van der Waals surface area contributed by atoms with Crippen LogP contribution in [0.4, 0.5) is 5.69 Å². The number of benzene rings is 1. The van der Waals surface area contributed by atoms with Gasteiger partial charge in [0.1, 0.15) is 12.2 Å². The fourth-order valence-electron chi connectivity index (χ4n) is 2.84. The summed E-state index contributed by atoms with van der Waals surface area (Å²) in [5, 5.41) is 8.90. The van der Waals surface area contributed by atoms with Crippen molar-refractivity contribution in [2.75, 3.05) is 23.5 Å². The third-order valence-electron chi connectivity index (χ3n) is 3.85. The fraction of sp³-hybridized carbons (Fsp3) is 0.400. The number of ether oxygens (including phenoxy) is 1. The SMILES string of the molecule is COc1cccc(N2C(=NC(=O)CC#N)SC3CS(=O)(=O)CC32)c1. The average Bonchev–Trinajstić information content (AvgIpc) is 2.98. The predicted octanol–water partition coefficient (Wildman–Crippen LogP) is 1.21. The van der Waals surface area contributed by atoms with Crippen LogP contribution in [-0.2, 0) is 14.6 Å². The Labute approximate surface area is 144 Å². The highest BCUT2D eigenvalue weighted by Crippen LogP contribution is 2.41. The third kappa shape index (κ3) is 3.25. The second-order valence-corrected chi connectivity index (χ2v) is 8.86. The zero-order valence-electron chi connectivity index (χ0n) is 12.9. The molecule has 2 aliphatic rings. The number of amides is 1. The van der Waals surface area contributed by atoms with Crippen molar-refractivity contribution in [3.05, 3.63) is 24.3 Å². The maximum atomic E-state index is 12.0. The molecular weight excluding hydrogens is 350 g/mol. The molecule has 126 valence electrons. The zero-order chi connectivity index (χ0) is 17.3. The number of thioether (sulfide) groups is 1. The van der Waals surface area contributed by atoms with E-state index in [0.29, 0.717) is 10.9 Å². The minimum Gasteiger partial charge on any atom is -0.497 e. The van der Waals surface area contributed by atoms with Gasteiger partial charge in [0.25, 0.3) is 5.91 Å². The van der Waals surface area contributed by atoms with E-state index in [1.807, 2.05) is 6.07 Å². The minimum atomic E-state index is -3.11. The summed E-state index contributed by atoms with van der Waals surface area (Å²) in [6.45, 7) is 0. The molecule has 0 bridgehead atoms. The fourth-order valence-corrected chi connectivity index (χ4v) is 6.77. The molecule has 0 saturated carbocycles. The van der Waals surface area contributed by atoms with Gasteiger partial charge in [0.05, 0.1) is 30.7 Å². The molecule has 0 spiro atoms. The predicted molar refractivity (Wildman–Crippen MR) is 92.0 cm³/mol. The lowest BCUT2D eigenvalue weighted by Gasteiger charge is -2.24. The highest BCUT2D eigenvalue weighted by molar-refractivity contribution is 8.16. The molecule has 1 amide bonds. The first-order valence-corrected chi connectivity index (χ1v) is 9.92. The van der Waals surface area contributed by atoms with E-state index < -0.39 is 15.7 Å². The van der Waals surface area contributed by atoms with Crippen LogP contribution in [0.25, 0.3) is 0 Å². The average molecular weight is 365 g/mol. The number of carbonyl (C=O) groups is 1. The molecule has 3 rings (SSSR count). The van der Waals surface area contributed by atoms with Crippen LogP contribution >= 0.6 is 11.8 Å². The molecule has 2 unspecified atom stereocenters. The van der Waals surface area contributed by atoms with Crippen molar-refractivity contribution in [3.8, 4) is 11.8 Å². The van der Waals surface area contributed by atoms with Gasteiger partial charge in [-0.25, -0.2) is 8.42 Å². The number of hydrogen-bond donors (Lipinski definition) is 0. The molecule has 9 heteroatoms. The molecular formula is C15H15N3O4S2. The van der Waals surface area contributed by atoms with Gasteiger partial charge in [0.15, 0.2) is 15.0 Å². The first kappa shape index (κ1) is 16.8. The maximum absolute atomic E-state index is 12.0. The molecule has 0 radical (unpaired) electrons. The molecule has 0 aromatic heterocycles. The number of anilines is 1. The van der Waals surface area contributed by atoms with Gasteiger partial charge >= 0.3 is 0 Å². The van der Waals surface area contributed by atoms with Crippen LogP contribution in [0.2, 0.25) is 0 Å². The lowest BCUT2D eigenvalue weighted by Crippen LogP contribution is -2.37. The summed E-state index contributed by atoms with van der Waals surface area (Å²) >= 11 is 1.28. The number of nitrogens with zero attached hydrogens (tertiary/aromatic N) is 3. The molecule has 2 fully saturated rings. The van der Waals surface area contributed by atoms with Gasteiger partial charge in [0, 0.05) is 17.0 Å². The first-order chi connectivity index (χ1) is 11.4. The van der Waals surface area contributed by atoms with E-state index in [1.165, 1.54) is 11.8 Å². The Bertz CT molecular complexity index is 845. The molecule has 2 aliphatic heterocycles. The van der Waals surface area contributed by atoms with E-state index >= 15 is 0 Å². The molecule has 2 saturated heterocycles. The summed E-state index contributed by atoms with van der Waals surface area (Å²) in [7, 11) is -1.56. The second-order valence-electron chi connectivity index (χ2n) is 5.50. The molecule has 0 aliphatic carbocycles. The Morgan fingerprint density at radius 2 is 2.29 bits per heavy atom. The highest BCUT2D eigenvalue weighted by atomic mass is 32.2. The summed E-state index contributed by atoms with van der Waals surface area (Å²) in [6, 6.07) is 8.68. The Kier molecular flexibility index (Phi) is 4.51. The minimum absolute atomic E-state index is 0.0212. The van der Waals surface area contributed by atoms with Gasteiger partial charge in [-0.3, -0.25) is 4.79 Å². The van der Waals surface area contributed by atoms with Crippen molar-refractivity contribution in [1.29, 1.82) is 5.26 Å². The van der Waals surface area contributed by atoms with E-state index in [4.69, 9.17) is 10.00 Å².